The monoisotopic (exact) mass is 247 g/mol. The third-order valence-electron chi connectivity index (χ3n) is 2.11. The Kier molecular flexibility index (Phi) is 3.35. The molecule has 0 atom stereocenters. The summed E-state index contributed by atoms with van der Waals surface area (Å²) >= 11 is 5.89. The molecule has 4 nitrogen and oxygen atoms in total. The van der Waals surface area contributed by atoms with Crippen molar-refractivity contribution >= 4 is 23.3 Å². The molecule has 1 aromatic heterocycles. The second-order valence-corrected chi connectivity index (χ2v) is 4.00. The van der Waals surface area contributed by atoms with E-state index in [9.17, 15) is 4.79 Å². The Bertz CT molecular complexity index is 522. The van der Waals surface area contributed by atoms with Crippen LogP contribution in [0.4, 0.5) is 5.82 Å². The smallest absolute Gasteiger partial charge is 0.256 e. The third-order valence-corrected chi connectivity index (χ3v) is 2.33. The molecular formula is C12H10ClN3O. The summed E-state index contributed by atoms with van der Waals surface area (Å²) in [6.45, 7) is 1.88. The van der Waals surface area contributed by atoms with Crippen molar-refractivity contribution in [1.82, 2.24) is 9.97 Å². The Morgan fingerprint density at radius 2 is 2.12 bits per heavy atom. The summed E-state index contributed by atoms with van der Waals surface area (Å²) in [5.74, 6) is 0.159. The van der Waals surface area contributed by atoms with Crippen molar-refractivity contribution in [1.29, 1.82) is 0 Å². The van der Waals surface area contributed by atoms with E-state index in [1.807, 2.05) is 6.92 Å². The van der Waals surface area contributed by atoms with Gasteiger partial charge < -0.3 is 5.32 Å². The molecule has 0 aliphatic rings. The molecule has 1 amide bonds. The number of aryl methyl sites for hydroxylation is 1. The van der Waals surface area contributed by atoms with Gasteiger partial charge in [0.05, 0.1) is 6.20 Å². The summed E-state index contributed by atoms with van der Waals surface area (Å²) in [6.07, 6.45) is 4.54. The van der Waals surface area contributed by atoms with Gasteiger partial charge in [0.2, 0.25) is 0 Å². The Morgan fingerprint density at radius 1 is 1.29 bits per heavy atom. The number of nitrogens with one attached hydrogen (secondary N) is 1. The number of nitrogens with zero attached hydrogens (tertiary/aromatic N) is 2. The summed E-state index contributed by atoms with van der Waals surface area (Å²) in [5.41, 5.74) is 1.43. The van der Waals surface area contributed by atoms with E-state index in [0.717, 1.165) is 5.56 Å². The van der Waals surface area contributed by atoms with E-state index in [4.69, 9.17) is 11.6 Å². The standard InChI is InChI=1S/C12H10ClN3O/c1-8-4-9(6-10(13)5-8)12(17)16-11-7-14-2-3-15-11/h2-7H,1H3,(H,15,16,17). The van der Waals surface area contributed by atoms with Crippen LogP contribution in [-0.4, -0.2) is 15.9 Å². The Morgan fingerprint density at radius 3 is 2.76 bits per heavy atom. The molecule has 0 unspecified atom stereocenters. The minimum absolute atomic E-state index is 0.254. The first-order chi connectivity index (χ1) is 8.15. The van der Waals surface area contributed by atoms with Crippen LogP contribution < -0.4 is 5.32 Å². The average molecular weight is 248 g/mol. The topological polar surface area (TPSA) is 54.9 Å². The molecule has 17 heavy (non-hydrogen) atoms. The number of aromatic nitrogens is 2. The molecule has 0 saturated heterocycles. The van der Waals surface area contributed by atoms with Crippen LogP contribution in [0, 0.1) is 6.92 Å². The lowest BCUT2D eigenvalue weighted by Gasteiger charge is -2.05. The quantitative estimate of drug-likeness (QED) is 0.888. The van der Waals surface area contributed by atoms with Crippen molar-refractivity contribution in [2.45, 2.75) is 6.92 Å². The molecule has 0 saturated carbocycles. The molecule has 1 heterocycles. The van der Waals surface area contributed by atoms with E-state index in [1.54, 1.807) is 24.4 Å². The maximum Gasteiger partial charge on any atom is 0.256 e. The van der Waals surface area contributed by atoms with Crippen molar-refractivity contribution in [3.8, 4) is 0 Å². The van der Waals surface area contributed by atoms with E-state index < -0.39 is 0 Å². The summed E-state index contributed by atoms with van der Waals surface area (Å²) in [5, 5.41) is 3.18. The van der Waals surface area contributed by atoms with Gasteiger partial charge >= 0.3 is 0 Å². The minimum Gasteiger partial charge on any atom is -0.305 e. The molecule has 0 bridgehead atoms. The number of hydrogen-bond donors (Lipinski definition) is 1. The van der Waals surface area contributed by atoms with Gasteiger partial charge in [0.1, 0.15) is 0 Å². The fourth-order valence-electron chi connectivity index (χ4n) is 1.42. The number of hydrogen-bond acceptors (Lipinski definition) is 3. The Labute approximate surface area is 104 Å². The SMILES string of the molecule is Cc1cc(Cl)cc(C(=O)Nc2cnccn2)c1. The molecule has 0 aliphatic heterocycles. The van der Waals surface area contributed by atoms with E-state index in [2.05, 4.69) is 15.3 Å². The number of rotatable bonds is 2. The van der Waals surface area contributed by atoms with E-state index in [0.29, 0.717) is 16.4 Å². The van der Waals surface area contributed by atoms with Crippen molar-refractivity contribution in [2.75, 3.05) is 5.32 Å². The summed E-state index contributed by atoms with van der Waals surface area (Å²) < 4.78 is 0. The highest BCUT2D eigenvalue weighted by atomic mass is 35.5. The molecule has 86 valence electrons. The molecule has 0 aliphatic carbocycles. The van der Waals surface area contributed by atoms with Gasteiger partial charge in [0.25, 0.3) is 5.91 Å². The lowest BCUT2D eigenvalue weighted by Crippen LogP contribution is -2.13. The largest absolute Gasteiger partial charge is 0.305 e. The van der Waals surface area contributed by atoms with Crippen molar-refractivity contribution in [3.05, 3.63) is 52.9 Å². The molecule has 1 N–H and O–H groups in total. The average Bonchev–Trinajstić information content (AvgIpc) is 2.29. The first-order valence-corrected chi connectivity index (χ1v) is 5.37. The molecule has 0 fully saturated rings. The number of carbonyl (C=O) groups is 1. The van der Waals surface area contributed by atoms with Crippen LogP contribution in [0.5, 0.6) is 0 Å². The highest BCUT2D eigenvalue weighted by molar-refractivity contribution is 6.31. The van der Waals surface area contributed by atoms with E-state index in [-0.39, 0.29) is 5.91 Å². The molecular weight excluding hydrogens is 238 g/mol. The van der Waals surface area contributed by atoms with Crippen LogP contribution >= 0.6 is 11.6 Å². The predicted octanol–water partition coefficient (Wildman–Crippen LogP) is 2.69. The highest BCUT2D eigenvalue weighted by Gasteiger charge is 2.08. The lowest BCUT2D eigenvalue weighted by molar-refractivity contribution is 0.102. The number of halogens is 1. The molecule has 0 radical (unpaired) electrons. The van der Waals surface area contributed by atoms with Gasteiger partial charge in [-0.25, -0.2) is 4.98 Å². The molecule has 0 spiro atoms. The van der Waals surface area contributed by atoms with Gasteiger partial charge in [-0.15, -0.1) is 0 Å². The number of anilines is 1. The predicted molar refractivity (Wildman–Crippen MR) is 66.2 cm³/mol. The zero-order valence-electron chi connectivity index (χ0n) is 9.14. The Balaban J connectivity index is 2.20. The van der Waals surface area contributed by atoms with Crippen LogP contribution in [0.2, 0.25) is 5.02 Å². The highest BCUT2D eigenvalue weighted by Crippen LogP contribution is 2.15. The van der Waals surface area contributed by atoms with Crippen molar-refractivity contribution < 1.29 is 4.79 Å². The fraction of sp³-hybridized carbons (Fsp3) is 0.0833. The van der Waals surface area contributed by atoms with Crippen LogP contribution in [-0.2, 0) is 0 Å². The van der Waals surface area contributed by atoms with Crippen LogP contribution in [0.25, 0.3) is 0 Å². The third kappa shape index (κ3) is 3.01. The lowest BCUT2D eigenvalue weighted by atomic mass is 10.1. The summed E-state index contributed by atoms with van der Waals surface area (Å²) in [7, 11) is 0. The number of amides is 1. The van der Waals surface area contributed by atoms with E-state index in [1.165, 1.54) is 12.4 Å². The maximum atomic E-state index is 11.9. The first kappa shape index (κ1) is 11.5. The summed E-state index contributed by atoms with van der Waals surface area (Å²) in [4.78, 5) is 19.7. The van der Waals surface area contributed by atoms with Crippen LogP contribution in [0.1, 0.15) is 15.9 Å². The number of carbonyl (C=O) groups excluding carboxylic acids is 1. The first-order valence-electron chi connectivity index (χ1n) is 5.00. The Hall–Kier alpha value is -1.94. The van der Waals surface area contributed by atoms with Gasteiger partial charge in [-0.05, 0) is 30.7 Å². The van der Waals surface area contributed by atoms with Gasteiger partial charge in [-0.3, -0.25) is 9.78 Å². The maximum absolute atomic E-state index is 11.9. The zero-order chi connectivity index (χ0) is 12.3. The van der Waals surface area contributed by atoms with Crippen molar-refractivity contribution in [2.24, 2.45) is 0 Å². The molecule has 5 heteroatoms. The van der Waals surface area contributed by atoms with Crippen LogP contribution in [0.3, 0.4) is 0 Å². The second kappa shape index (κ2) is 4.93. The van der Waals surface area contributed by atoms with Gasteiger partial charge in [0.15, 0.2) is 5.82 Å². The summed E-state index contributed by atoms with van der Waals surface area (Å²) in [6, 6.07) is 5.17. The van der Waals surface area contributed by atoms with Gasteiger partial charge in [0, 0.05) is 23.0 Å². The van der Waals surface area contributed by atoms with Crippen molar-refractivity contribution in [3.63, 3.8) is 0 Å². The molecule has 2 rings (SSSR count). The molecule has 2 aromatic rings. The molecule has 1 aromatic carbocycles. The normalized spacial score (nSPS) is 10.0. The van der Waals surface area contributed by atoms with E-state index >= 15 is 0 Å². The fourth-order valence-corrected chi connectivity index (χ4v) is 1.71. The zero-order valence-corrected chi connectivity index (χ0v) is 9.90. The number of benzene rings is 1. The van der Waals surface area contributed by atoms with Gasteiger partial charge in [-0.2, -0.15) is 0 Å². The second-order valence-electron chi connectivity index (χ2n) is 3.56. The minimum atomic E-state index is -0.254. The van der Waals surface area contributed by atoms with Gasteiger partial charge in [-0.1, -0.05) is 11.6 Å². The van der Waals surface area contributed by atoms with Crippen LogP contribution in [0.15, 0.2) is 36.8 Å².